The number of ether oxygens (including phenoxy) is 2. The van der Waals surface area contributed by atoms with Gasteiger partial charge >= 0.3 is 0 Å². The Labute approximate surface area is 211 Å². The molecule has 0 amide bonds. The van der Waals surface area contributed by atoms with Gasteiger partial charge in [-0.15, -0.1) is 0 Å². The van der Waals surface area contributed by atoms with E-state index in [1.165, 1.54) is 10.4 Å². The van der Waals surface area contributed by atoms with Crippen LogP contribution in [-0.2, 0) is 13.9 Å². The molecule has 3 aromatic carbocycles. The Morgan fingerprint density at radius 2 is 1.31 bits per heavy atom. The molecule has 0 spiro atoms. The summed E-state index contributed by atoms with van der Waals surface area (Å²) in [6.07, 6.45) is -0.526. The molecule has 1 aliphatic heterocycles. The summed E-state index contributed by atoms with van der Waals surface area (Å²) >= 11 is 0. The molecule has 0 aliphatic carbocycles. The molecule has 0 bridgehead atoms. The summed E-state index contributed by atoms with van der Waals surface area (Å²) in [7, 11) is -2.86. The molecule has 0 saturated carbocycles. The van der Waals surface area contributed by atoms with Crippen LogP contribution >= 0.6 is 0 Å². The third-order valence-corrected chi connectivity index (χ3v) is 11.8. The maximum Gasteiger partial charge on any atom is 0.262 e. The molecular weight excluding hydrogens is 452 g/mol. The van der Waals surface area contributed by atoms with Gasteiger partial charge in [-0.3, -0.25) is 0 Å². The number of rotatable bonds is 8. The van der Waals surface area contributed by atoms with Gasteiger partial charge in [-0.2, -0.15) is 0 Å². The molecule has 35 heavy (non-hydrogen) atoms. The summed E-state index contributed by atoms with van der Waals surface area (Å²) in [5.74, 6) is -0.758. The van der Waals surface area contributed by atoms with Gasteiger partial charge in [0.1, 0.15) is 12.2 Å². The van der Waals surface area contributed by atoms with Crippen molar-refractivity contribution in [2.24, 2.45) is 0 Å². The van der Waals surface area contributed by atoms with Crippen molar-refractivity contribution in [1.82, 2.24) is 0 Å². The SMILES string of the molecule is CC1(C)O[C@H]([C@H](O[Si](c2ccccc2)(c2ccccc2)C(C)(C)C)c2ccccc2)[C@@H](CCO)O1. The summed E-state index contributed by atoms with van der Waals surface area (Å²) in [6, 6.07) is 31.6. The Morgan fingerprint density at radius 1 is 0.829 bits per heavy atom. The predicted octanol–water partition coefficient (Wildman–Crippen LogP) is 5.21. The molecule has 1 N–H and O–H groups in total. The minimum absolute atomic E-state index is 0.0291. The van der Waals surface area contributed by atoms with E-state index in [1.54, 1.807) is 0 Å². The lowest BCUT2D eigenvalue weighted by Gasteiger charge is -2.46. The van der Waals surface area contributed by atoms with Gasteiger partial charge in [0.25, 0.3) is 8.32 Å². The monoisotopic (exact) mass is 490 g/mol. The summed E-state index contributed by atoms with van der Waals surface area (Å²) in [5.41, 5.74) is 1.05. The number of hydrogen-bond acceptors (Lipinski definition) is 4. The van der Waals surface area contributed by atoms with Gasteiger partial charge in [0.15, 0.2) is 5.79 Å². The topological polar surface area (TPSA) is 47.9 Å². The fourth-order valence-corrected chi connectivity index (χ4v) is 9.99. The second-order valence-corrected chi connectivity index (χ2v) is 15.0. The van der Waals surface area contributed by atoms with E-state index in [9.17, 15) is 5.11 Å². The molecule has 4 rings (SSSR count). The largest absolute Gasteiger partial charge is 0.398 e. The van der Waals surface area contributed by atoms with E-state index >= 15 is 0 Å². The van der Waals surface area contributed by atoms with E-state index in [-0.39, 0.29) is 30.0 Å². The Balaban J connectivity index is 1.92. The molecule has 0 radical (unpaired) electrons. The molecule has 186 valence electrons. The highest BCUT2D eigenvalue weighted by atomic mass is 28.4. The Kier molecular flexibility index (Phi) is 7.64. The third kappa shape index (κ3) is 5.30. The zero-order chi connectivity index (χ0) is 25.1. The van der Waals surface area contributed by atoms with Crippen molar-refractivity contribution < 1.29 is 19.0 Å². The van der Waals surface area contributed by atoms with Crippen molar-refractivity contribution in [1.29, 1.82) is 0 Å². The first-order valence-corrected chi connectivity index (χ1v) is 14.4. The van der Waals surface area contributed by atoms with Crippen LogP contribution in [-0.4, -0.2) is 38.0 Å². The van der Waals surface area contributed by atoms with Crippen molar-refractivity contribution in [2.75, 3.05) is 6.61 Å². The van der Waals surface area contributed by atoms with Crippen LogP contribution in [0, 0.1) is 0 Å². The normalized spacial score (nSPS) is 21.1. The first-order chi connectivity index (χ1) is 16.7. The summed E-state index contributed by atoms with van der Waals surface area (Å²) in [5, 5.41) is 12.1. The van der Waals surface area contributed by atoms with Crippen molar-refractivity contribution in [3.8, 4) is 0 Å². The average Bonchev–Trinajstić information content (AvgIpc) is 3.15. The van der Waals surface area contributed by atoms with Crippen LogP contribution in [0.5, 0.6) is 0 Å². The summed E-state index contributed by atoms with van der Waals surface area (Å²) in [4.78, 5) is 0. The van der Waals surface area contributed by atoms with Crippen LogP contribution in [0.2, 0.25) is 5.04 Å². The number of aliphatic hydroxyl groups is 1. The van der Waals surface area contributed by atoms with E-state index < -0.39 is 14.1 Å². The molecule has 0 aromatic heterocycles. The quantitative estimate of drug-likeness (QED) is 0.441. The standard InChI is InChI=1S/C30H38O4Si/c1-29(2,3)35(24-17-11-7-12-18-24,25-19-13-8-14-20-25)34-27(23-15-9-6-10-16-23)28-26(21-22-31)32-30(4,5)33-28/h6-20,26-28,31H,21-22H2,1-5H3/t26-,27-,28+/m1/s1. The first-order valence-electron chi connectivity index (χ1n) is 12.5. The smallest absolute Gasteiger partial charge is 0.262 e. The highest BCUT2D eigenvalue weighted by Crippen LogP contribution is 2.44. The Bertz CT molecular complexity index is 1020. The minimum Gasteiger partial charge on any atom is -0.398 e. The lowest BCUT2D eigenvalue weighted by atomic mass is 9.99. The number of aliphatic hydroxyl groups excluding tert-OH is 1. The Hall–Kier alpha value is -2.28. The molecule has 3 aromatic rings. The molecule has 1 fully saturated rings. The van der Waals surface area contributed by atoms with Crippen molar-refractivity contribution in [3.63, 3.8) is 0 Å². The average molecular weight is 491 g/mol. The second kappa shape index (κ2) is 10.4. The van der Waals surface area contributed by atoms with Gasteiger partial charge in [-0.1, -0.05) is 112 Å². The first kappa shape index (κ1) is 25.8. The van der Waals surface area contributed by atoms with E-state index in [1.807, 2.05) is 32.0 Å². The van der Waals surface area contributed by atoms with Gasteiger partial charge in [0.2, 0.25) is 0 Å². The molecule has 1 heterocycles. The van der Waals surface area contributed by atoms with Crippen molar-refractivity contribution in [3.05, 3.63) is 96.6 Å². The number of hydrogen-bond donors (Lipinski definition) is 1. The molecule has 1 aliphatic rings. The minimum atomic E-state index is -2.86. The second-order valence-electron chi connectivity index (χ2n) is 10.8. The third-order valence-electron chi connectivity index (χ3n) is 6.78. The summed E-state index contributed by atoms with van der Waals surface area (Å²) < 4.78 is 20.4. The van der Waals surface area contributed by atoms with E-state index in [0.717, 1.165) is 5.56 Å². The summed E-state index contributed by atoms with van der Waals surface area (Å²) in [6.45, 7) is 10.7. The fourth-order valence-electron chi connectivity index (χ4n) is 5.32. The van der Waals surface area contributed by atoms with Gasteiger partial charge in [-0.05, 0) is 41.2 Å². The molecule has 0 unspecified atom stereocenters. The fraction of sp³-hybridized carbons (Fsp3) is 0.400. The van der Waals surface area contributed by atoms with Crippen molar-refractivity contribution >= 4 is 18.7 Å². The highest BCUT2D eigenvalue weighted by Gasteiger charge is 2.55. The van der Waals surface area contributed by atoms with Gasteiger partial charge in [-0.25, -0.2) is 0 Å². The highest BCUT2D eigenvalue weighted by molar-refractivity contribution is 6.99. The maximum absolute atomic E-state index is 9.82. The number of benzene rings is 3. The van der Waals surface area contributed by atoms with Crippen molar-refractivity contribution in [2.45, 2.75) is 70.2 Å². The van der Waals surface area contributed by atoms with Gasteiger partial charge in [0, 0.05) is 6.61 Å². The van der Waals surface area contributed by atoms with Crippen LogP contribution in [0.25, 0.3) is 0 Å². The van der Waals surface area contributed by atoms with Gasteiger partial charge < -0.3 is 19.0 Å². The van der Waals surface area contributed by atoms with Crippen LogP contribution in [0.1, 0.15) is 52.7 Å². The molecule has 4 nitrogen and oxygen atoms in total. The molecule has 5 heteroatoms. The van der Waals surface area contributed by atoms with E-state index in [0.29, 0.717) is 6.42 Å². The van der Waals surface area contributed by atoms with Crippen LogP contribution in [0.15, 0.2) is 91.0 Å². The molecular formula is C30H38O4Si. The zero-order valence-electron chi connectivity index (χ0n) is 21.5. The van der Waals surface area contributed by atoms with Crippen LogP contribution in [0.4, 0.5) is 0 Å². The maximum atomic E-state index is 9.82. The lowest BCUT2D eigenvalue weighted by molar-refractivity contribution is -0.155. The Morgan fingerprint density at radius 3 is 1.77 bits per heavy atom. The van der Waals surface area contributed by atoms with Crippen LogP contribution < -0.4 is 10.4 Å². The van der Waals surface area contributed by atoms with Crippen LogP contribution in [0.3, 0.4) is 0 Å². The van der Waals surface area contributed by atoms with E-state index in [4.69, 9.17) is 13.9 Å². The zero-order valence-corrected chi connectivity index (χ0v) is 22.5. The van der Waals surface area contributed by atoms with E-state index in [2.05, 4.69) is 93.6 Å². The van der Waals surface area contributed by atoms with Gasteiger partial charge in [0.05, 0.1) is 6.10 Å². The molecule has 3 atom stereocenters. The predicted molar refractivity (Wildman–Crippen MR) is 143 cm³/mol. The lowest BCUT2D eigenvalue weighted by Crippen LogP contribution is -2.67. The molecule has 1 saturated heterocycles.